The normalized spacial score (nSPS) is 12.8. The fourth-order valence-corrected chi connectivity index (χ4v) is 3.50. The number of hydrogen-bond acceptors (Lipinski definition) is 5. The third kappa shape index (κ3) is 3.86. The molecule has 2 rings (SSSR count). The van der Waals surface area contributed by atoms with Crippen molar-refractivity contribution in [3.63, 3.8) is 0 Å². The molecule has 0 aliphatic heterocycles. The molecule has 1 aromatic heterocycles. The summed E-state index contributed by atoms with van der Waals surface area (Å²) in [7, 11) is 0. The van der Waals surface area contributed by atoms with Crippen LogP contribution in [0, 0.1) is 5.92 Å². The number of nitrogen functional groups attached to an aromatic ring is 1. The third-order valence-corrected chi connectivity index (χ3v) is 5.27. The van der Waals surface area contributed by atoms with E-state index in [-0.39, 0.29) is 11.9 Å². The van der Waals surface area contributed by atoms with Gasteiger partial charge in [-0.15, -0.1) is 11.3 Å². The van der Waals surface area contributed by atoms with Crippen molar-refractivity contribution in [1.82, 2.24) is 10.3 Å². The molecule has 0 saturated heterocycles. The van der Waals surface area contributed by atoms with Crippen LogP contribution in [0.15, 0.2) is 22.5 Å². The van der Waals surface area contributed by atoms with Gasteiger partial charge in [-0.1, -0.05) is 25.6 Å². The maximum Gasteiger partial charge on any atom is 0.230 e. The highest BCUT2D eigenvalue weighted by Gasteiger charge is 2.12. The van der Waals surface area contributed by atoms with E-state index in [0.29, 0.717) is 11.7 Å². The summed E-state index contributed by atoms with van der Waals surface area (Å²) in [5.74, 6) is 0.885. The first-order valence-corrected chi connectivity index (χ1v) is 8.34. The zero-order valence-corrected chi connectivity index (χ0v) is 13.5. The first-order valence-electron chi connectivity index (χ1n) is 6.54. The molecule has 0 aliphatic rings. The van der Waals surface area contributed by atoms with Crippen LogP contribution in [0.25, 0.3) is 10.2 Å². The van der Waals surface area contributed by atoms with Crippen LogP contribution >= 0.6 is 23.1 Å². The monoisotopic (exact) mass is 309 g/mol. The smallest absolute Gasteiger partial charge is 0.230 e. The highest BCUT2D eigenvalue weighted by molar-refractivity contribution is 8.01. The molecule has 1 unspecified atom stereocenters. The molecule has 0 aliphatic carbocycles. The van der Waals surface area contributed by atoms with Crippen LogP contribution in [0.1, 0.15) is 20.8 Å². The standard InChI is InChI=1S/C14H19N3OS2/c1-8(2)9(3)16-13(18)7-19-14-17-11-5-4-10(15)6-12(11)20-14/h4-6,8-9H,7,15H2,1-3H3,(H,16,18). The van der Waals surface area contributed by atoms with Gasteiger partial charge in [0, 0.05) is 11.7 Å². The van der Waals surface area contributed by atoms with E-state index >= 15 is 0 Å². The Morgan fingerprint density at radius 1 is 1.45 bits per heavy atom. The second kappa shape index (κ2) is 6.45. The molecule has 6 heteroatoms. The molecule has 2 aromatic rings. The minimum absolute atomic E-state index is 0.0509. The second-order valence-electron chi connectivity index (χ2n) is 5.10. The molecule has 1 amide bonds. The van der Waals surface area contributed by atoms with Gasteiger partial charge >= 0.3 is 0 Å². The van der Waals surface area contributed by atoms with Crippen LogP contribution in [-0.4, -0.2) is 22.7 Å². The minimum atomic E-state index is 0.0509. The van der Waals surface area contributed by atoms with Crippen molar-refractivity contribution in [1.29, 1.82) is 0 Å². The van der Waals surface area contributed by atoms with Gasteiger partial charge in [0.05, 0.1) is 16.0 Å². The molecule has 1 heterocycles. The van der Waals surface area contributed by atoms with Crippen molar-refractivity contribution >= 4 is 44.9 Å². The average molecular weight is 309 g/mol. The Morgan fingerprint density at radius 3 is 2.90 bits per heavy atom. The van der Waals surface area contributed by atoms with Gasteiger partial charge < -0.3 is 11.1 Å². The number of anilines is 1. The van der Waals surface area contributed by atoms with E-state index in [9.17, 15) is 4.79 Å². The van der Waals surface area contributed by atoms with Crippen molar-refractivity contribution in [2.75, 3.05) is 11.5 Å². The lowest BCUT2D eigenvalue weighted by molar-refractivity contribution is -0.119. The highest BCUT2D eigenvalue weighted by atomic mass is 32.2. The Morgan fingerprint density at radius 2 is 2.20 bits per heavy atom. The van der Waals surface area contributed by atoms with Gasteiger partial charge in [0.25, 0.3) is 0 Å². The van der Waals surface area contributed by atoms with Crippen molar-refractivity contribution < 1.29 is 4.79 Å². The summed E-state index contributed by atoms with van der Waals surface area (Å²) < 4.78 is 1.96. The maximum atomic E-state index is 11.8. The lowest BCUT2D eigenvalue weighted by Crippen LogP contribution is -2.37. The molecule has 0 bridgehead atoms. The SMILES string of the molecule is CC(C)C(C)NC(=O)CSc1nc2ccc(N)cc2s1. The molecule has 0 spiro atoms. The quantitative estimate of drug-likeness (QED) is 0.658. The number of nitrogens with one attached hydrogen (secondary N) is 1. The Kier molecular flexibility index (Phi) is 4.88. The number of fused-ring (bicyclic) bond motifs is 1. The molecular weight excluding hydrogens is 290 g/mol. The van der Waals surface area contributed by atoms with E-state index in [4.69, 9.17) is 5.73 Å². The number of nitrogens with two attached hydrogens (primary N) is 1. The summed E-state index contributed by atoms with van der Waals surface area (Å²) in [6.45, 7) is 6.21. The second-order valence-corrected chi connectivity index (χ2v) is 7.35. The van der Waals surface area contributed by atoms with Crippen LogP contribution in [-0.2, 0) is 4.79 Å². The largest absolute Gasteiger partial charge is 0.399 e. The number of thiazole rings is 1. The van der Waals surface area contributed by atoms with E-state index < -0.39 is 0 Å². The number of thioether (sulfide) groups is 1. The zero-order chi connectivity index (χ0) is 14.7. The van der Waals surface area contributed by atoms with E-state index in [1.165, 1.54) is 11.8 Å². The Hall–Kier alpha value is -1.27. The summed E-state index contributed by atoms with van der Waals surface area (Å²) in [6.07, 6.45) is 0. The van der Waals surface area contributed by atoms with Crippen LogP contribution in [0.2, 0.25) is 0 Å². The van der Waals surface area contributed by atoms with E-state index in [2.05, 4.69) is 24.1 Å². The fraction of sp³-hybridized carbons (Fsp3) is 0.429. The van der Waals surface area contributed by atoms with Gasteiger partial charge in [-0.3, -0.25) is 4.79 Å². The number of rotatable bonds is 5. The van der Waals surface area contributed by atoms with Gasteiger partial charge in [0.1, 0.15) is 0 Å². The van der Waals surface area contributed by atoms with Crippen molar-refractivity contribution in [2.45, 2.75) is 31.2 Å². The zero-order valence-electron chi connectivity index (χ0n) is 11.8. The predicted molar refractivity (Wildman–Crippen MR) is 87.2 cm³/mol. The van der Waals surface area contributed by atoms with Crippen molar-refractivity contribution in [2.24, 2.45) is 5.92 Å². The summed E-state index contributed by atoms with van der Waals surface area (Å²) >= 11 is 3.04. The van der Waals surface area contributed by atoms with Gasteiger partial charge in [-0.2, -0.15) is 0 Å². The molecule has 4 nitrogen and oxygen atoms in total. The van der Waals surface area contributed by atoms with E-state index in [1.54, 1.807) is 11.3 Å². The first kappa shape index (κ1) is 15.1. The predicted octanol–water partition coefficient (Wildman–Crippen LogP) is 3.13. The van der Waals surface area contributed by atoms with Crippen LogP contribution in [0.4, 0.5) is 5.69 Å². The number of nitrogens with zero attached hydrogens (tertiary/aromatic N) is 1. The summed E-state index contributed by atoms with van der Waals surface area (Å²) in [4.78, 5) is 16.3. The maximum absolute atomic E-state index is 11.8. The Labute approximate surface area is 127 Å². The molecule has 0 fully saturated rings. The summed E-state index contributed by atoms with van der Waals surface area (Å²) in [6, 6.07) is 5.86. The molecule has 1 atom stereocenters. The average Bonchev–Trinajstić information content (AvgIpc) is 2.78. The number of carbonyl (C=O) groups is 1. The first-order chi connectivity index (χ1) is 9.45. The van der Waals surface area contributed by atoms with Gasteiger partial charge in [0.2, 0.25) is 5.91 Å². The molecule has 1 aromatic carbocycles. The number of carbonyl (C=O) groups excluding carboxylic acids is 1. The highest BCUT2D eigenvalue weighted by Crippen LogP contribution is 2.30. The van der Waals surface area contributed by atoms with Crippen molar-refractivity contribution in [3.8, 4) is 0 Å². The van der Waals surface area contributed by atoms with Crippen LogP contribution in [0.5, 0.6) is 0 Å². The third-order valence-electron chi connectivity index (χ3n) is 3.11. The van der Waals surface area contributed by atoms with E-state index in [1.807, 2.05) is 25.1 Å². The number of benzene rings is 1. The number of aromatic nitrogens is 1. The lowest BCUT2D eigenvalue weighted by Gasteiger charge is -2.16. The van der Waals surface area contributed by atoms with Gasteiger partial charge in [-0.25, -0.2) is 4.98 Å². The van der Waals surface area contributed by atoms with Crippen molar-refractivity contribution in [3.05, 3.63) is 18.2 Å². The summed E-state index contributed by atoms with van der Waals surface area (Å²) in [5.41, 5.74) is 7.42. The van der Waals surface area contributed by atoms with Gasteiger partial charge in [0.15, 0.2) is 4.34 Å². The number of hydrogen-bond donors (Lipinski definition) is 2. The fourth-order valence-electron chi connectivity index (χ4n) is 1.57. The summed E-state index contributed by atoms with van der Waals surface area (Å²) in [5, 5.41) is 2.99. The molecule has 108 valence electrons. The topological polar surface area (TPSA) is 68.0 Å². The van der Waals surface area contributed by atoms with Gasteiger partial charge in [-0.05, 0) is 31.0 Å². The lowest BCUT2D eigenvalue weighted by atomic mass is 10.1. The number of amides is 1. The molecule has 0 radical (unpaired) electrons. The molecular formula is C14H19N3OS2. The Balaban J connectivity index is 1.94. The molecule has 3 N–H and O–H groups in total. The van der Waals surface area contributed by atoms with Crippen LogP contribution in [0.3, 0.4) is 0 Å². The van der Waals surface area contributed by atoms with E-state index in [0.717, 1.165) is 20.2 Å². The molecule has 20 heavy (non-hydrogen) atoms. The van der Waals surface area contributed by atoms with Crippen LogP contribution < -0.4 is 11.1 Å². The minimum Gasteiger partial charge on any atom is -0.399 e. The Bertz CT molecular complexity index is 609. The molecule has 0 saturated carbocycles.